The predicted octanol–water partition coefficient (Wildman–Crippen LogP) is 3.67. The van der Waals surface area contributed by atoms with Crippen molar-refractivity contribution in [3.05, 3.63) is 54.2 Å². The van der Waals surface area contributed by atoms with E-state index in [-0.39, 0.29) is 6.03 Å². The molecule has 146 valence electrons. The van der Waals surface area contributed by atoms with Gasteiger partial charge < -0.3 is 19.8 Å². The lowest BCUT2D eigenvalue weighted by molar-refractivity contribution is 0.104. The third-order valence-corrected chi connectivity index (χ3v) is 4.44. The molecule has 3 aromatic rings. The highest BCUT2D eigenvalue weighted by Crippen LogP contribution is 2.38. The third kappa shape index (κ3) is 4.98. The topological polar surface area (TPSA) is 105 Å². The van der Waals surface area contributed by atoms with Crippen molar-refractivity contribution < 1.29 is 13.9 Å². The Hall–Kier alpha value is -3.13. The van der Waals surface area contributed by atoms with E-state index in [1.165, 1.54) is 12.8 Å². The molecule has 8 heteroatoms. The summed E-state index contributed by atoms with van der Waals surface area (Å²) >= 11 is 0. The van der Waals surface area contributed by atoms with Gasteiger partial charge in [-0.15, -0.1) is 0 Å². The van der Waals surface area contributed by atoms with Gasteiger partial charge in [0, 0.05) is 30.3 Å². The van der Waals surface area contributed by atoms with Gasteiger partial charge in [-0.3, -0.25) is 5.10 Å². The van der Waals surface area contributed by atoms with Gasteiger partial charge in [0.05, 0.1) is 6.26 Å². The maximum absolute atomic E-state index is 12.0. The molecule has 1 fully saturated rings. The average molecular weight is 381 g/mol. The summed E-state index contributed by atoms with van der Waals surface area (Å²) in [6.45, 7) is 1.52. The normalized spacial score (nSPS) is 13.4. The van der Waals surface area contributed by atoms with Crippen LogP contribution in [-0.4, -0.2) is 34.4 Å². The molecule has 0 unspecified atom stereocenters. The zero-order chi connectivity index (χ0) is 19.2. The first-order valence-corrected chi connectivity index (χ1v) is 9.45. The van der Waals surface area contributed by atoms with E-state index in [2.05, 4.69) is 25.8 Å². The molecule has 0 radical (unpaired) electrons. The molecule has 0 aliphatic heterocycles. The Kier molecular flexibility index (Phi) is 5.67. The Morgan fingerprint density at radius 2 is 2.11 bits per heavy atom. The van der Waals surface area contributed by atoms with Gasteiger partial charge in [-0.1, -0.05) is 0 Å². The molecular weight excluding hydrogens is 358 g/mol. The largest absolute Gasteiger partial charge is 0.467 e. The first-order chi connectivity index (χ1) is 13.8. The fraction of sp³-hybridized carbons (Fsp3) is 0.350. The van der Waals surface area contributed by atoms with Crippen LogP contribution in [0.1, 0.15) is 36.8 Å². The van der Waals surface area contributed by atoms with Crippen molar-refractivity contribution in [3.63, 3.8) is 0 Å². The highest BCUT2D eigenvalue weighted by Gasteiger charge is 2.27. The molecule has 1 aliphatic carbocycles. The van der Waals surface area contributed by atoms with Crippen molar-refractivity contribution in [2.75, 3.05) is 18.5 Å². The van der Waals surface area contributed by atoms with Crippen LogP contribution in [0.4, 0.5) is 10.5 Å². The Balaban J connectivity index is 1.16. The number of aromatic amines is 1. The number of carbonyl (C=O) groups is 1. The molecule has 28 heavy (non-hydrogen) atoms. The summed E-state index contributed by atoms with van der Waals surface area (Å²) in [7, 11) is 0. The Bertz CT molecular complexity index is 885. The molecule has 3 N–H and O–H groups in total. The van der Waals surface area contributed by atoms with Gasteiger partial charge in [-0.2, -0.15) is 5.10 Å². The van der Waals surface area contributed by atoms with Crippen molar-refractivity contribution in [1.82, 2.24) is 20.5 Å². The van der Waals surface area contributed by atoms with Crippen LogP contribution >= 0.6 is 0 Å². The molecule has 1 aliphatic rings. The molecular formula is C20H23N5O3. The molecule has 1 saturated carbocycles. The van der Waals surface area contributed by atoms with E-state index in [0.717, 1.165) is 23.6 Å². The number of ether oxygens (including phenoxy) is 1. The summed E-state index contributed by atoms with van der Waals surface area (Å²) in [6.07, 6.45) is 4.71. The number of benzene rings is 1. The second-order valence-electron chi connectivity index (χ2n) is 6.76. The van der Waals surface area contributed by atoms with Gasteiger partial charge in [0.25, 0.3) is 0 Å². The standard InChI is InChI=1S/C20H23N5O3/c26-20(21-10-2-11-27-13-17-3-1-12-28-17)22-16-8-6-15(7-9-16)19-23-18(24-25-19)14-4-5-14/h1,3,6-9,12,14H,2,4-5,10-11,13H2,(H2,21,22,26)(H,23,24,25). The Morgan fingerprint density at radius 3 is 2.86 bits per heavy atom. The summed E-state index contributed by atoms with van der Waals surface area (Å²) in [5.74, 6) is 2.99. The van der Waals surface area contributed by atoms with Crippen LogP contribution < -0.4 is 10.6 Å². The van der Waals surface area contributed by atoms with Crippen molar-refractivity contribution in [2.24, 2.45) is 0 Å². The number of amides is 2. The van der Waals surface area contributed by atoms with E-state index in [1.54, 1.807) is 6.26 Å². The highest BCUT2D eigenvalue weighted by atomic mass is 16.5. The lowest BCUT2D eigenvalue weighted by Crippen LogP contribution is -2.30. The highest BCUT2D eigenvalue weighted by molar-refractivity contribution is 5.89. The third-order valence-electron chi connectivity index (χ3n) is 4.44. The maximum atomic E-state index is 12.0. The number of H-pyrrole nitrogens is 1. The summed E-state index contributed by atoms with van der Waals surface area (Å²) in [4.78, 5) is 16.5. The van der Waals surface area contributed by atoms with Crippen LogP contribution in [0.5, 0.6) is 0 Å². The predicted molar refractivity (Wildman–Crippen MR) is 104 cm³/mol. The van der Waals surface area contributed by atoms with E-state index >= 15 is 0 Å². The van der Waals surface area contributed by atoms with E-state index < -0.39 is 0 Å². The molecule has 0 atom stereocenters. The van der Waals surface area contributed by atoms with Crippen LogP contribution in [0.15, 0.2) is 47.1 Å². The number of anilines is 1. The SMILES string of the molecule is O=C(NCCCOCc1ccco1)Nc1ccc(-c2n[nH]c(C3CC3)n2)cc1. The van der Waals surface area contributed by atoms with Crippen LogP contribution in [0, 0.1) is 0 Å². The monoisotopic (exact) mass is 381 g/mol. The van der Waals surface area contributed by atoms with Gasteiger partial charge in [0.15, 0.2) is 5.82 Å². The van der Waals surface area contributed by atoms with E-state index in [1.807, 2.05) is 36.4 Å². The first-order valence-electron chi connectivity index (χ1n) is 9.45. The summed E-state index contributed by atoms with van der Waals surface area (Å²) < 4.78 is 10.7. The molecule has 0 bridgehead atoms. The molecule has 2 heterocycles. The van der Waals surface area contributed by atoms with Crippen LogP contribution in [0.25, 0.3) is 11.4 Å². The summed E-state index contributed by atoms with van der Waals surface area (Å²) in [6, 6.07) is 10.9. The minimum atomic E-state index is -0.243. The van der Waals surface area contributed by atoms with Crippen molar-refractivity contribution in [1.29, 1.82) is 0 Å². The number of hydrogen-bond donors (Lipinski definition) is 3. The molecule has 8 nitrogen and oxygen atoms in total. The van der Waals surface area contributed by atoms with Crippen molar-refractivity contribution in [3.8, 4) is 11.4 Å². The lowest BCUT2D eigenvalue weighted by atomic mass is 10.2. The summed E-state index contributed by atoms with van der Waals surface area (Å²) in [5, 5.41) is 12.9. The quantitative estimate of drug-likeness (QED) is 0.491. The molecule has 0 saturated heterocycles. The number of rotatable bonds is 9. The number of hydrogen-bond acceptors (Lipinski definition) is 5. The molecule has 4 rings (SSSR count). The molecule has 0 spiro atoms. The first kappa shape index (κ1) is 18.2. The second kappa shape index (κ2) is 8.71. The zero-order valence-corrected chi connectivity index (χ0v) is 15.5. The summed E-state index contributed by atoms with van der Waals surface area (Å²) in [5.41, 5.74) is 1.64. The Labute approximate surface area is 162 Å². The van der Waals surface area contributed by atoms with Gasteiger partial charge in [-0.05, 0) is 55.7 Å². The molecule has 2 aromatic heterocycles. The van der Waals surface area contributed by atoms with Gasteiger partial charge in [0.2, 0.25) is 0 Å². The van der Waals surface area contributed by atoms with E-state index in [4.69, 9.17) is 9.15 Å². The fourth-order valence-electron chi connectivity index (χ4n) is 2.76. The molecule has 1 aromatic carbocycles. The fourth-order valence-corrected chi connectivity index (χ4v) is 2.76. The van der Waals surface area contributed by atoms with Crippen LogP contribution in [-0.2, 0) is 11.3 Å². The van der Waals surface area contributed by atoms with Gasteiger partial charge in [-0.25, -0.2) is 9.78 Å². The molecule has 2 amide bonds. The van der Waals surface area contributed by atoms with Crippen LogP contribution in [0.2, 0.25) is 0 Å². The van der Waals surface area contributed by atoms with Gasteiger partial charge >= 0.3 is 6.03 Å². The second-order valence-corrected chi connectivity index (χ2v) is 6.76. The van der Waals surface area contributed by atoms with E-state index in [9.17, 15) is 4.79 Å². The zero-order valence-electron chi connectivity index (χ0n) is 15.5. The number of nitrogens with zero attached hydrogens (tertiary/aromatic N) is 2. The lowest BCUT2D eigenvalue weighted by Gasteiger charge is -2.08. The average Bonchev–Trinajstić information content (AvgIpc) is 3.21. The Morgan fingerprint density at radius 1 is 1.25 bits per heavy atom. The number of carbonyl (C=O) groups excluding carboxylic acids is 1. The minimum Gasteiger partial charge on any atom is -0.467 e. The van der Waals surface area contributed by atoms with Crippen molar-refractivity contribution in [2.45, 2.75) is 31.8 Å². The number of urea groups is 1. The minimum absolute atomic E-state index is 0.243. The van der Waals surface area contributed by atoms with Gasteiger partial charge in [0.1, 0.15) is 18.2 Å². The number of aromatic nitrogens is 3. The smallest absolute Gasteiger partial charge is 0.319 e. The van der Waals surface area contributed by atoms with E-state index in [0.29, 0.717) is 37.2 Å². The maximum Gasteiger partial charge on any atom is 0.319 e. The van der Waals surface area contributed by atoms with Crippen molar-refractivity contribution >= 4 is 11.7 Å². The van der Waals surface area contributed by atoms with Crippen LogP contribution in [0.3, 0.4) is 0 Å². The number of furan rings is 1. The number of nitrogens with one attached hydrogen (secondary N) is 3.